The number of aromatic amines is 1. The summed E-state index contributed by atoms with van der Waals surface area (Å²) in [5.41, 5.74) is -0.0105. The second-order valence-electron chi connectivity index (χ2n) is 5.44. The normalized spacial score (nSPS) is 11.7. The van der Waals surface area contributed by atoms with Crippen molar-refractivity contribution in [2.45, 2.75) is 26.7 Å². The summed E-state index contributed by atoms with van der Waals surface area (Å²) in [6.07, 6.45) is 0.447. The molecule has 1 aromatic heterocycles. The lowest BCUT2D eigenvalue weighted by Crippen LogP contribution is -2.23. The molecule has 2 rings (SSSR count). The highest BCUT2D eigenvalue weighted by atomic mass is 16.4. The Morgan fingerprint density at radius 1 is 1.37 bits per heavy atom. The summed E-state index contributed by atoms with van der Waals surface area (Å²) in [5.74, 6) is -0.330. The van der Waals surface area contributed by atoms with E-state index >= 15 is 0 Å². The minimum absolute atomic E-state index is 0.0313. The number of para-hydroxylation sites is 1. The van der Waals surface area contributed by atoms with Crippen molar-refractivity contribution in [1.82, 2.24) is 9.97 Å². The lowest BCUT2D eigenvalue weighted by molar-refractivity contribution is -0.139. The van der Waals surface area contributed by atoms with Crippen LogP contribution in [0.5, 0.6) is 0 Å². The van der Waals surface area contributed by atoms with Gasteiger partial charge in [0, 0.05) is 6.42 Å². The molecule has 0 spiro atoms. The van der Waals surface area contributed by atoms with Gasteiger partial charge in [0.15, 0.2) is 0 Å². The molecule has 0 bridgehead atoms. The van der Waals surface area contributed by atoms with Gasteiger partial charge < -0.3 is 10.1 Å². The molecule has 0 aliphatic heterocycles. The second kappa shape index (κ2) is 4.84. The number of hydrogen-bond donors (Lipinski definition) is 2. The maximum Gasteiger partial charge on any atom is 0.303 e. The van der Waals surface area contributed by atoms with E-state index in [4.69, 9.17) is 5.11 Å². The minimum Gasteiger partial charge on any atom is -0.481 e. The van der Waals surface area contributed by atoms with E-state index in [0.717, 1.165) is 0 Å². The van der Waals surface area contributed by atoms with E-state index < -0.39 is 11.4 Å². The summed E-state index contributed by atoms with van der Waals surface area (Å²) in [6, 6.07) is 7.10. The molecule has 0 amide bonds. The average molecular weight is 260 g/mol. The molecule has 0 atom stereocenters. The molecule has 1 heterocycles. The fourth-order valence-corrected chi connectivity index (χ4v) is 2.14. The molecule has 0 saturated carbocycles. The van der Waals surface area contributed by atoms with E-state index in [1.165, 1.54) is 0 Å². The molecular weight excluding hydrogens is 244 g/mol. The van der Waals surface area contributed by atoms with Crippen LogP contribution in [0.15, 0.2) is 29.1 Å². The van der Waals surface area contributed by atoms with Crippen LogP contribution in [0.25, 0.3) is 10.9 Å². The van der Waals surface area contributed by atoms with Gasteiger partial charge in [0.25, 0.3) is 5.56 Å². The molecule has 0 aliphatic carbocycles. The Hall–Kier alpha value is -2.17. The van der Waals surface area contributed by atoms with Crippen LogP contribution in [-0.2, 0) is 11.2 Å². The van der Waals surface area contributed by atoms with E-state index in [9.17, 15) is 9.59 Å². The molecule has 0 aliphatic rings. The fourth-order valence-electron chi connectivity index (χ4n) is 2.14. The third-order valence-electron chi connectivity index (χ3n) is 2.94. The molecule has 0 fully saturated rings. The largest absolute Gasteiger partial charge is 0.481 e. The lowest BCUT2D eigenvalue weighted by atomic mass is 9.85. The second-order valence-corrected chi connectivity index (χ2v) is 5.44. The van der Waals surface area contributed by atoms with Crippen molar-refractivity contribution in [3.63, 3.8) is 0 Å². The van der Waals surface area contributed by atoms with Crippen molar-refractivity contribution in [3.05, 3.63) is 40.4 Å². The van der Waals surface area contributed by atoms with Crippen LogP contribution in [0.2, 0.25) is 0 Å². The molecule has 2 aromatic rings. The van der Waals surface area contributed by atoms with Gasteiger partial charge in [0.05, 0.1) is 17.3 Å². The Kier molecular flexibility index (Phi) is 3.38. The Morgan fingerprint density at radius 2 is 2.05 bits per heavy atom. The SMILES string of the molecule is CC(C)(CC(=O)O)Cc1nc2ccccc2c(=O)[nH]1. The van der Waals surface area contributed by atoms with Crippen molar-refractivity contribution in [1.29, 1.82) is 0 Å². The summed E-state index contributed by atoms with van der Waals surface area (Å²) < 4.78 is 0. The number of carboxylic acids is 1. The van der Waals surface area contributed by atoms with Gasteiger partial charge in [-0.2, -0.15) is 0 Å². The predicted molar refractivity (Wildman–Crippen MR) is 72.1 cm³/mol. The molecule has 100 valence electrons. The van der Waals surface area contributed by atoms with Gasteiger partial charge in [-0.1, -0.05) is 26.0 Å². The first-order valence-electron chi connectivity index (χ1n) is 6.07. The number of nitrogens with one attached hydrogen (secondary N) is 1. The molecule has 0 saturated heterocycles. The van der Waals surface area contributed by atoms with E-state index in [-0.39, 0.29) is 12.0 Å². The van der Waals surface area contributed by atoms with Gasteiger partial charge in [-0.15, -0.1) is 0 Å². The van der Waals surface area contributed by atoms with Crippen LogP contribution in [-0.4, -0.2) is 21.0 Å². The number of carboxylic acid groups (broad SMARTS) is 1. The maximum atomic E-state index is 11.9. The fraction of sp³-hybridized carbons (Fsp3) is 0.357. The highest BCUT2D eigenvalue weighted by Crippen LogP contribution is 2.24. The third kappa shape index (κ3) is 3.19. The summed E-state index contributed by atoms with van der Waals surface area (Å²) in [7, 11) is 0. The third-order valence-corrected chi connectivity index (χ3v) is 2.94. The van der Waals surface area contributed by atoms with Crippen LogP contribution < -0.4 is 5.56 Å². The highest BCUT2D eigenvalue weighted by molar-refractivity contribution is 5.77. The number of aliphatic carboxylic acids is 1. The zero-order chi connectivity index (χ0) is 14.0. The quantitative estimate of drug-likeness (QED) is 0.880. The molecule has 5 heteroatoms. The predicted octanol–water partition coefficient (Wildman–Crippen LogP) is 1.97. The number of benzene rings is 1. The van der Waals surface area contributed by atoms with Gasteiger partial charge in [-0.3, -0.25) is 9.59 Å². The lowest BCUT2D eigenvalue weighted by Gasteiger charge is -2.21. The van der Waals surface area contributed by atoms with Gasteiger partial charge in [0.1, 0.15) is 5.82 Å². The van der Waals surface area contributed by atoms with Crippen LogP contribution in [0, 0.1) is 5.41 Å². The highest BCUT2D eigenvalue weighted by Gasteiger charge is 2.23. The number of nitrogens with zero attached hydrogens (tertiary/aromatic N) is 1. The Bertz CT molecular complexity index is 674. The maximum absolute atomic E-state index is 11.9. The smallest absolute Gasteiger partial charge is 0.303 e. The van der Waals surface area contributed by atoms with Crippen LogP contribution in [0.1, 0.15) is 26.1 Å². The van der Waals surface area contributed by atoms with E-state index in [2.05, 4.69) is 9.97 Å². The zero-order valence-electron chi connectivity index (χ0n) is 10.9. The number of hydrogen-bond acceptors (Lipinski definition) is 3. The number of H-pyrrole nitrogens is 1. The molecule has 1 aromatic carbocycles. The molecule has 0 radical (unpaired) electrons. The van der Waals surface area contributed by atoms with Crippen molar-refractivity contribution in [2.24, 2.45) is 5.41 Å². The van der Waals surface area contributed by atoms with Crippen molar-refractivity contribution < 1.29 is 9.90 Å². The average Bonchev–Trinajstić information content (AvgIpc) is 2.26. The van der Waals surface area contributed by atoms with E-state index in [1.807, 2.05) is 19.9 Å². The van der Waals surface area contributed by atoms with E-state index in [0.29, 0.717) is 23.1 Å². The first kappa shape index (κ1) is 13.3. The topological polar surface area (TPSA) is 83.0 Å². The standard InChI is InChI=1S/C14H16N2O3/c1-14(2,8-12(17)18)7-11-15-10-6-4-3-5-9(10)13(19)16-11/h3-6H,7-8H2,1-2H3,(H,17,18)(H,15,16,19). The Morgan fingerprint density at radius 3 is 2.74 bits per heavy atom. The number of rotatable bonds is 4. The summed E-state index contributed by atoms with van der Waals surface area (Å²) in [5, 5.41) is 9.40. The first-order chi connectivity index (χ1) is 8.87. The molecule has 5 nitrogen and oxygen atoms in total. The first-order valence-corrected chi connectivity index (χ1v) is 6.07. The van der Waals surface area contributed by atoms with Crippen LogP contribution in [0.4, 0.5) is 0 Å². The Labute approximate surface area is 110 Å². The summed E-state index contributed by atoms with van der Waals surface area (Å²) in [4.78, 5) is 29.8. The van der Waals surface area contributed by atoms with Crippen molar-refractivity contribution in [2.75, 3.05) is 0 Å². The van der Waals surface area contributed by atoms with Gasteiger partial charge in [-0.05, 0) is 17.5 Å². The van der Waals surface area contributed by atoms with Crippen molar-refractivity contribution >= 4 is 16.9 Å². The summed E-state index contributed by atoms with van der Waals surface area (Å²) in [6.45, 7) is 3.69. The zero-order valence-corrected chi connectivity index (χ0v) is 10.9. The monoisotopic (exact) mass is 260 g/mol. The minimum atomic E-state index is -0.854. The van der Waals surface area contributed by atoms with Gasteiger partial charge in [-0.25, -0.2) is 4.98 Å². The number of aromatic nitrogens is 2. The molecular formula is C14H16N2O3. The summed E-state index contributed by atoms with van der Waals surface area (Å²) >= 11 is 0. The van der Waals surface area contributed by atoms with Crippen LogP contribution in [0.3, 0.4) is 0 Å². The molecule has 2 N–H and O–H groups in total. The number of fused-ring (bicyclic) bond motifs is 1. The van der Waals surface area contributed by atoms with E-state index in [1.54, 1.807) is 18.2 Å². The van der Waals surface area contributed by atoms with Gasteiger partial charge >= 0.3 is 5.97 Å². The molecule has 19 heavy (non-hydrogen) atoms. The Balaban J connectivity index is 2.36. The number of carbonyl (C=O) groups is 1. The van der Waals surface area contributed by atoms with Crippen molar-refractivity contribution in [3.8, 4) is 0 Å². The molecule has 0 unspecified atom stereocenters. The van der Waals surface area contributed by atoms with Crippen LogP contribution >= 0.6 is 0 Å². The van der Waals surface area contributed by atoms with Gasteiger partial charge in [0.2, 0.25) is 0 Å².